The van der Waals surface area contributed by atoms with E-state index in [1.807, 2.05) is 27.9 Å². The van der Waals surface area contributed by atoms with E-state index in [9.17, 15) is 0 Å². The number of imidazole rings is 2. The molecule has 0 aliphatic heterocycles. The zero-order valence-corrected chi connectivity index (χ0v) is 12.3. The van der Waals surface area contributed by atoms with Crippen LogP contribution >= 0.6 is 0 Å². The lowest BCUT2D eigenvalue weighted by Crippen LogP contribution is -2.05. The average Bonchev–Trinajstić information content (AvgIpc) is 2.87. The second-order valence-corrected chi connectivity index (χ2v) is 5.15. The maximum atomic E-state index is 5.73. The van der Waals surface area contributed by atoms with Crippen molar-refractivity contribution in [3.63, 3.8) is 0 Å². The van der Waals surface area contributed by atoms with Gasteiger partial charge in [0.1, 0.15) is 11.6 Å². The van der Waals surface area contributed by atoms with Crippen molar-refractivity contribution in [2.24, 2.45) is 19.8 Å². The minimum absolute atomic E-state index is 0.447. The van der Waals surface area contributed by atoms with Crippen LogP contribution in [0, 0.1) is 13.8 Å². The van der Waals surface area contributed by atoms with Gasteiger partial charge in [-0.1, -0.05) is 6.07 Å². The van der Waals surface area contributed by atoms with Crippen molar-refractivity contribution in [1.29, 1.82) is 0 Å². The van der Waals surface area contributed by atoms with E-state index in [4.69, 9.17) is 5.73 Å². The molecule has 20 heavy (non-hydrogen) atoms. The molecular weight excluding hydrogens is 250 g/mol. The van der Waals surface area contributed by atoms with Gasteiger partial charge in [-0.3, -0.25) is 0 Å². The molecular formula is C15H19N5. The molecule has 5 nitrogen and oxygen atoms in total. The minimum atomic E-state index is 0.447. The van der Waals surface area contributed by atoms with E-state index in [-0.39, 0.29) is 0 Å². The van der Waals surface area contributed by atoms with Crippen LogP contribution in [0.2, 0.25) is 0 Å². The summed E-state index contributed by atoms with van der Waals surface area (Å²) < 4.78 is 4.16. The summed E-state index contributed by atoms with van der Waals surface area (Å²) in [5.74, 6) is 1.91. The maximum Gasteiger partial charge on any atom is 0.122 e. The summed E-state index contributed by atoms with van der Waals surface area (Å²) in [6.07, 6.45) is 0. The Bertz CT molecular complexity index is 794. The molecule has 5 heteroatoms. The van der Waals surface area contributed by atoms with E-state index in [2.05, 4.69) is 37.3 Å². The Hall–Kier alpha value is -2.14. The molecule has 2 heterocycles. The van der Waals surface area contributed by atoms with Gasteiger partial charge in [0.05, 0.1) is 29.0 Å². The average molecular weight is 269 g/mol. The number of rotatable bonds is 2. The molecule has 3 rings (SSSR count). The molecule has 104 valence electrons. The Kier molecular flexibility index (Phi) is 2.87. The van der Waals surface area contributed by atoms with Crippen LogP contribution in [0.15, 0.2) is 18.2 Å². The fourth-order valence-electron chi connectivity index (χ4n) is 2.75. The molecule has 0 bridgehead atoms. The molecule has 0 spiro atoms. The predicted octanol–water partition coefficient (Wildman–Crippen LogP) is 2.05. The van der Waals surface area contributed by atoms with Gasteiger partial charge in [0.25, 0.3) is 0 Å². The zero-order chi connectivity index (χ0) is 14.4. The molecule has 0 saturated carbocycles. The van der Waals surface area contributed by atoms with Crippen molar-refractivity contribution in [3.05, 3.63) is 35.5 Å². The number of hydrogen-bond donors (Lipinski definition) is 1. The van der Waals surface area contributed by atoms with Gasteiger partial charge in [-0.05, 0) is 26.0 Å². The maximum absolute atomic E-state index is 5.73. The Labute approximate surface area is 118 Å². The highest BCUT2D eigenvalue weighted by Gasteiger charge is 2.14. The van der Waals surface area contributed by atoms with Crippen molar-refractivity contribution in [2.45, 2.75) is 20.4 Å². The highest BCUT2D eigenvalue weighted by Crippen LogP contribution is 2.27. The van der Waals surface area contributed by atoms with Crippen LogP contribution in [0.3, 0.4) is 0 Å². The normalized spacial score (nSPS) is 11.4. The highest BCUT2D eigenvalue weighted by molar-refractivity contribution is 5.82. The minimum Gasteiger partial charge on any atom is -0.331 e. The Morgan fingerprint density at radius 3 is 2.50 bits per heavy atom. The van der Waals surface area contributed by atoms with Gasteiger partial charge in [-0.15, -0.1) is 0 Å². The third-order valence-electron chi connectivity index (χ3n) is 3.92. The van der Waals surface area contributed by atoms with Crippen LogP contribution in [0.1, 0.15) is 17.3 Å². The molecule has 0 radical (unpaired) electrons. The van der Waals surface area contributed by atoms with Crippen molar-refractivity contribution >= 4 is 11.0 Å². The predicted molar refractivity (Wildman–Crippen MR) is 80.3 cm³/mol. The van der Waals surface area contributed by atoms with E-state index >= 15 is 0 Å². The number of nitrogens with two attached hydrogens (primary N) is 1. The standard InChI is InChI=1S/C15H19N5/c1-9-15(20(4)14(8-16)17-9)11-5-6-13-12(7-11)18-10(2)19(13)3/h5-7H,8,16H2,1-4H3. The van der Waals surface area contributed by atoms with Gasteiger partial charge < -0.3 is 14.9 Å². The summed E-state index contributed by atoms with van der Waals surface area (Å²) in [6.45, 7) is 4.48. The summed E-state index contributed by atoms with van der Waals surface area (Å²) in [4.78, 5) is 9.11. The van der Waals surface area contributed by atoms with Gasteiger partial charge in [0.2, 0.25) is 0 Å². The molecule has 0 unspecified atom stereocenters. The molecule has 0 amide bonds. The number of nitrogens with zero attached hydrogens (tertiary/aromatic N) is 4. The molecule has 1 aromatic carbocycles. The summed E-state index contributed by atoms with van der Waals surface area (Å²) in [5, 5.41) is 0. The monoisotopic (exact) mass is 269 g/mol. The fourth-order valence-corrected chi connectivity index (χ4v) is 2.75. The summed E-state index contributed by atoms with van der Waals surface area (Å²) in [7, 11) is 4.04. The molecule has 0 saturated heterocycles. The SMILES string of the molecule is Cc1nc(CN)n(C)c1-c1ccc2c(c1)nc(C)n2C. The van der Waals surface area contributed by atoms with Crippen molar-refractivity contribution < 1.29 is 0 Å². The van der Waals surface area contributed by atoms with E-state index in [1.54, 1.807) is 0 Å². The Morgan fingerprint density at radius 1 is 1.10 bits per heavy atom. The number of hydrogen-bond acceptors (Lipinski definition) is 3. The first-order valence-corrected chi connectivity index (χ1v) is 6.68. The van der Waals surface area contributed by atoms with Crippen LogP contribution < -0.4 is 5.73 Å². The number of aryl methyl sites for hydroxylation is 3. The lowest BCUT2D eigenvalue weighted by Gasteiger charge is -2.06. The van der Waals surface area contributed by atoms with Crippen LogP contribution in [-0.2, 0) is 20.6 Å². The molecule has 0 atom stereocenters. The van der Waals surface area contributed by atoms with E-state index < -0.39 is 0 Å². The van der Waals surface area contributed by atoms with Gasteiger partial charge >= 0.3 is 0 Å². The van der Waals surface area contributed by atoms with Crippen molar-refractivity contribution in [3.8, 4) is 11.3 Å². The second-order valence-electron chi connectivity index (χ2n) is 5.15. The molecule has 0 fully saturated rings. The molecule has 0 aliphatic carbocycles. The third-order valence-corrected chi connectivity index (χ3v) is 3.92. The lowest BCUT2D eigenvalue weighted by molar-refractivity contribution is 0.798. The first kappa shape index (κ1) is 12.9. The van der Waals surface area contributed by atoms with Crippen LogP contribution in [0.5, 0.6) is 0 Å². The Morgan fingerprint density at radius 2 is 1.85 bits per heavy atom. The van der Waals surface area contributed by atoms with Crippen molar-refractivity contribution in [2.75, 3.05) is 0 Å². The first-order chi connectivity index (χ1) is 9.52. The number of fused-ring (bicyclic) bond motifs is 1. The first-order valence-electron chi connectivity index (χ1n) is 6.68. The molecule has 0 aliphatic rings. The molecule has 2 N–H and O–H groups in total. The topological polar surface area (TPSA) is 61.7 Å². The van der Waals surface area contributed by atoms with Crippen LogP contribution in [0.4, 0.5) is 0 Å². The van der Waals surface area contributed by atoms with E-state index in [0.717, 1.165) is 39.6 Å². The van der Waals surface area contributed by atoms with Gasteiger partial charge in [-0.25, -0.2) is 9.97 Å². The largest absolute Gasteiger partial charge is 0.331 e. The third kappa shape index (κ3) is 1.74. The van der Waals surface area contributed by atoms with Crippen LogP contribution in [0.25, 0.3) is 22.3 Å². The highest BCUT2D eigenvalue weighted by atomic mass is 15.1. The number of benzene rings is 1. The summed E-state index contributed by atoms with van der Waals surface area (Å²) in [6, 6.07) is 6.35. The second kappa shape index (κ2) is 4.45. The van der Waals surface area contributed by atoms with E-state index in [0.29, 0.717) is 6.54 Å². The lowest BCUT2D eigenvalue weighted by atomic mass is 10.1. The van der Waals surface area contributed by atoms with Gasteiger partial charge in [0.15, 0.2) is 0 Å². The molecule has 2 aromatic heterocycles. The van der Waals surface area contributed by atoms with E-state index in [1.165, 1.54) is 0 Å². The zero-order valence-electron chi connectivity index (χ0n) is 12.3. The van der Waals surface area contributed by atoms with Gasteiger partial charge in [0, 0.05) is 19.7 Å². The molecule has 3 aromatic rings. The number of aromatic nitrogens is 4. The fraction of sp³-hybridized carbons (Fsp3) is 0.333. The van der Waals surface area contributed by atoms with Crippen molar-refractivity contribution in [1.82, 2.24) is 19.1 Å². The van der Waals surface area contributed by atoms with Crippen LogP contribution in [-0.4, -0.2) is 19.1 Å². The quantitative estimate of drug-likeness (QED) is 0.774. The summed E-state index contributed by atoms with van der Waals surface area (Å²) >= 11 is 0. The smallest absolute Gasteiger partial charge is 0.122 e. The summed E-state index contributed by atoms with van der Waals surface area (Å²) in [5.41, 5.74) is 11.1. The van der Waals surface area contributed by atoms with Gasteiger partial charge in [-0.2, -0.15) is 0 Å². The Balaban J connectivity index is 2.22.